The van der Waals surface area contributed by atoms with E-state index in [0.717, 1.165) is 141 Å². The summed E-state index contributed by atoms with van der Waals surface area (Å²) in [5.41, 5.74) is 0. The first kappa shape index (κ1) is 74.8. The van der Waals surface area contributed by atoms with E-state index in [9.17, 15) is 19.0 Å². The van der Waals surface area contributed by atoms with E-state index < -0.39 is 32.5 Å². The number of quaternary nitrogens is 1. The number of hydrogen-bond donors (Lipinski definition) is 1. The van der Waals surface area contributed by atoms with Crippen molar-refractivity contribution in [3.8, 4) is 0 Å². The standard InChI is InChI=1S/C70H108NO8P/c1-6-8-10-12-14-16-18-20-22-24-26-27-28-29-30-31-32-33-34-35-36-37-38-39-40-41-42-43-45-47-49-51-53-55-57-59-61-63-70(73)79-68(67-78-80(74,75)77-65-64-71(3,4)5)66-76-69(72)62-60-58-56-54-52-50-48-46-44-25-23-21-19-17-15-13-11-9-7-2/h8-11,14-17,20-23,26-27,29-30,32-33,35-36,38-39,41-42,44-47,50-53,68H,6-7,12-13,18-19,24-25,28,31,34,37,40,43,48-49,54-67H2,1-5H3/p+1/b10-8-,11-9-,16-14-,17-15-,22-20-,23-21-,27-26-,30-29-,33-32-,36-35-,39-38-,42-41-,46-44-,47-45-,52-50-,53-51-. The quantitative estimate of drug-likeness (QED) is 0.0211. The second kappa shape index (κ2) is 58.5. The maximum Gasteiger partial charge on any atom is 0.472 e. The van der Waals surface area contributed by atoms with Gasteiger partial charge in [-0.15, -0.1) is 0 Å². The number of carbonyl (C=O) groups is 2. The van der Waals surface area contributed by atoms with Crippen LogP contribution in [0.2, 0.25) is 0 Å². The number of hydrogen-bond acceptors (Lipinski definition) is 7. The fourth-order valence-corrected chi connectivity index (χ4v) is 7.79. The molecule has 9 nitrogen and oxygen atoms in total. The van der Waals surface area contributed by atoms with Crippen molar-refractivity contribution in [2.75, 3.05) is 47.5 Å². The van der Waals surface area contributed by atoms with E-state index in [0.29, 0.717) is 23.9 Å². The van der Waals surface area contributed by atoms with Crippen molar-refractivity contribution >= 4 is 19.8 Å². The number of ether oxygens (including phenoxy) is 2. The van der Waals surface area contributed by atoms with E-state index >= 15 is 0 Å². The molecule has 0 fully saturated rings. The Bertz CT molecular complexity index is 2050. The Morgan fingerprint density at radius 1 is 0.388 bits per heavy atom. The van der Waals surface area contributed by atoms with E-state index in [2.05, 4.69) is 208 Å². The minimum absolute atomic E-state index is 0.00705. The van der Waals surface area contributed by atoms with Crippen LogP contribution in [0.3, 0.4) is 0 Å². The first-order valence-electron chi connectivity index (χ1n) is 30.2. The summed E-state index contributed by atoms with van der Waals surface area (Å²) in [6.07, 6.45) is 92.3. The topological polar surface area (TPSA) is 108 Å². The third kappa shape index (κ3) is 62.1. The number of nitrogens with zero attached hydrogens (tertiary/aromatic N) is 1. The number of esters is 2. The number of phosphoric ester groups is 1. The predicted octanol–water partition coefficient (Wildman–Crippen LogP) is 19.4. The highest BCUT2D eigenvalue weighted by atomic mass is 31.2. The van der Waals surface area contributed by atoms with Crippen LogP contribution in [0, 0.1) is 0 Å². The van der Waals surface area contributed by atoms with Crippen LogP contribution in [0.25, 0.3) is 0 Å². The van der Waals surface area contributed by atoms with Gasteiger partial charge in [0.15, 0.2) is 6.10 Å². The normalized spacial score (nSPS) is 14.6. The average Bonchev–Trinajstić information content (AvgIpc) is 3.42. The highest BCUT2D eigenvalue weighted by Gasteiger charge is 2.27. The van der Waals surface area contributed by atoms with Crippen LogP contribution in [0.4, 0.5) is 0 Å². The zero-order valence-corrected chi connectivity index (χ0v) is 51.4. The number of phosphoric acid groups is 1. The molecule has 0 saturated heterocycles. The van der Waals surface area contributed by atoms with E-state index in [1.54, 1.807) is 0 Å². The Kier molecular flexibility index (Phi) is 54.7. The molecule has 0 aliphatic heterocycles. The smallest absolute Gasteiger partial charge is 0.462 e. The van der Waals surface area contributed by atoms with Crippen LogP contribution in [0.1, 0.15) is 181 Å². The van der Waals surface area contributed by atoms with Gasteiger partial charge in [-0.25, -0.2) is 4.57 Å². The second-order valence-corrected chi connectivity index (χ2v) is 21.7. The molecule has 1 N–H and O–H groups in total. The SMILES string of the molecule is CC/C=C\C/C=C\C/C=C\C/C=C\C/C=C\C/C=C\C/C=C\C/C=C\C/C=C\C/C=C\C/C=C\CCCCCC(=O)OC(COC(=O)CCCCC/C=C\C/C=C\C/C=C\C/C=C\C/C=C\CC)COP(=O)(O)OCC[N+](C)(C)C. The third-order valence-corrected chi connectivity index (χ3v) is 12.6. The van der Waals surface area contributed by atoms with E-state index in [4.69, 9.17) is 18.5 Å². The highest BCUT2D eigenvalue weighted by molar-refractivity contribution is 7.47. The van der Waals surface area contributed by atoms with Gasteiger partial charge in [0.1, 0.15) is 19.8 Å². The molecular formula is C70H109NO8P+. The number of carbonyl (C=O) groups excluding carboxylic acids is 2. The molecule has 2 atom stereocenters. The van der Waals surface area contributed by atoms with E-state index in [-0.39, 0.29) is 26.1 Å². The molecular weight excluding hydrogens is 1010 g/mol. The molecule has 0 saturated carbocycles. The molecule has 446 valence electrons. The van der Waals surface area contributed by atoms with Crippen LogP contribution < -0.4 is 0 Å². The summed E-state index contributed by atoms with van der Waals surface area (Å²) in [5.74, 6) is -0.894. The lowest BCUT2D eigenvalue weighted by Crippen LogP contribution is -2.37. The maximum absolute atomic E-state index is 12.8. The molecule has 0 bridgehead atoms. The Balaban J connectivity index is 4.32. The minimum Gasteiger partial charge on any atom is -0.462 e. The number of allylic oxidation sites excluding steroid dienone is 32. The van der Waals surface area contributed by atoms with E-state index in [1.165, 1.54) is 0 Å². The van der Waals surface area contributed by atoms with Crippen molar-refractivity contribution in [3.05, 3.63) is 194 Å². The lowest BCUT2D eigenvalue weighted by atomic mass is 10.1. The molecule has 0 aromatic rings. The summed E-state index contributed by atoms with van der Waals surface area (Å²) in [6, 6.07) is 0. The van der Waals surface area contributed by atoms with Crippen molar-refractivity contribution in [2.24, 2.45) is 0 Å². The van der Waals surface area contributed by atoms with Crippen LogP contribution in [0.15, 0.2) is 194 Å². The summed E-state index contributed by atoms with van der Waals surface area (Å²) < 4.78 is 34.5. The van der Waals surface area contributed by atoms with Crippen molar-refractivity contribution in [1.29, 1.82) is 0 Å². The summed E-state index contributed by atoms with van der Waals surface area (Å²) in [6.45, 7) is 4.08. The number of rotatable bonds is 52. The Morgan fingerprint density at radius 3 is 0.975 bits per heavy atom. The molecule has 80 heavy (non-hydrogen) atoms. The fourth-order valence-electron chi connectivity index (χ4n) is 7.04. The van der Waals surface area contributed by atoms with Crippen molar-refractivity contribution in [2.45, 2.75) is 187 Å². The maximum atomic E-state index is 12.8. The zero-order chi connectivity index (χ0) is 58.4. The second-order valence-electron chi connectivity index (χ2n) is 20.3. The van der Waals surface area contributed by atoms with Gasteiger partial charge in [0.25, 0.3) is 0 Å². The highest BCUT2D eigenvalue weighted by Crippen LogP contribution is 2.43. The van der Waals surface area contributed by atoms with Gasteiger partial charge in [0.05, 0.1) is 27.7 Å². The van der Waals surface area contributed by atoms with Gasteiger partial charge in [0, 0.05) is 12.8 Å². The van der Waals surface area contributed by atoms with Crippen LogP contribution in [-0.4, -0.2) is 74.9 Å². The van der Waals surface area contributed by atoms with Crippen LogP contribution >= 0.6 is 7.82 Å². The summed E-state index contributed by atoms with van der Waals surface area (Å²) in [7, 11) is 1.40. The molecule has 0 aliphatic rings. The Hall–Kier alpha value is -5.15. The molecule has 10 heteroatoms. The third-order valence-electron chi connectivity index (χ3n) is 11.6. The molecule has 0 aromatic carbocycles. The summed E-state index contributed by atoms with van der Waals surface area (Å²) in [4.78, 5) is 35.7. The van der Waals surface area contributed by atoms with Gasteiger partial charge in [-0.2, -0.15) is 0 Å². The molecule has 2 unspecified atom stereocenters. The largest absolute Gasteiger partial charge is 0.472 e. The van der Waals surface area contributed by atoms with Gasteiger partial charge in [-0.05, 0) is 141 Å². The molecule has 0 aromatic heterocycles. The number of likely N-dealkylation sites (N-methyl/N-ethyl adjacent to an activating group) is 1. The average molecular weight is 1120 g/mol. The van der Waals surface area contributed by atoms with Gasteiger partial charge in [0.2, 0.25) is 0 Å². The van der Waals surface area contributed by atoms with Crippen LogP contribution in [-0.2, 0) is 32.7 Å². The van der Waals surface area contributed by atoms with Gasteiger partial charge >= 0.3 is 19.8 Å². The fraction of sp³-hybridized carbons (Fsp3) is 0.514. The van der Waals surface area contributed by atoms with Crippen LogP contribution in [0.5, 0.6) is 0 Å². The lowest BCUT2D eigenvalue weighted by molar-refractivity contribution is -0.870. The first-order chi connectivity index (χ1) is 39.0. The van der Waals surface area contributed by atoms with Gasteiger partial charge < -0.3 is 18.9 Å². The van der Waals surface area contributed by atoms with Crippen molar-refractivity contribution < 1.29 is 42.1 Å². The van der Waals surface area contributed by atoms with Crippen molar-refractivity contribution in [3.63, 3.8) is 0 Å². The zero-order valence-electron chi connectivity index (χ0n) is 50.5. The minimum atomic E-state index is -4.42. The molecule has 0 radical (unpaired) electrons. The molecule has 0 aliphatic carbocycles. The Labute approximate surface area is 488 Å². The summed E-state index contributed by atoms with van der Waals surface area (Å²) in [5, 5.41) is 0. The van der Waals surface area contributed by atoms with E-state index in [1.807, 2.05) is 21.1 Å². The summed E-state index contributed by atoms with van der Waals surface area (Å²) >= 11 is 0. The number of unbranched alkanes of at least 4 members (excludes halogenated alkanes) is 6. The lowest BCUT2D eigenvalue weighted by Gasteiger charge is -2.24. The van der Waals surface area contributed by atoms with Crippen molar-refractivity contribution in [1.82, 2.24) is 0 Å². The van der Waals surface area contributed by atoms with Gasteiger partial charge in [-0.1, -0.05) is 221 Å². The monoisotopic (exact) mass is 1120 g/mol. The van der Waals surface area contributed by atoms with Gasteiger partial charge in [-0.3, -0.25) is 18.6 Å². The molecule has 0 spiro atoms. The predicted molar refractivity (Wildman–Crippen MR) is 343 cm³/mol. The molecule has 0 heterocycles. The first-order valence-corrected chi connectivity index (χ1v) is 31.7. The molecule has 0 rings (SSSR count). The Morgan fingerprint density at radius 2 is 0.675 bits per heavy atom. The molecule has 0 amide bonds.